The number of imidazole rings is 1. The van der Waals surface area contributed by atoms with E-state index in [4.69, 9.17) is 5.11 Å². The van der Waals surface area contributed by atoms with E-state index in [9.17, 15) is 10.1 Å². The Balaban J connectivity index is 2.37. The lowest BCUT2D eigenvalue weighted by Gasteiger charge is -1.98. The van der Waals surface area contributed by atoms with Gasteiger partial charge in [0.25, 0.3) is 0 Å². The molecule has 1 heterocycles. The SMILES string of the molecule is O=[N+]([O-])c1cn(-c2ccc(O)cc2)cn1. The first kappa shape index (κ1) is 9.20. The summed E-state index contributed by atoms with van der Waals surface area (Å²) in [7, 11) is 0. The summed E-state index contributed by atoms with van der Waals surface area (Å²) in [5.74, 6) is -0.0589. The first-order valence-electron chi connectivity index (χ1n) is 4.14. The van der Waals surface area contributed by atoms with Crippen LogP contribution in [0, 0.1) is 10.1 Å². The predicted molar refractivity (Wildman–Crippen MR) is 51.9 cm³/mol. The Bertz CT molecular complexity index is 490. The van der Waals surface area contributed by atoms with Crippen LogP contribution in [0.5, 0.6) is 5.75 Å². The highest BCUT2D eigenvalue weighted by molar-refractivity contribution is 5.38. The van der Waals surface area contributed by atoms with Gasteiger partial charge in [-0.2, -0.15) is 0 Å². The number of benzene rings is 1. The first-order valence-corrected chi connectivity index (χ1v) is 4.14. The smallest absolute Gasteiger partial charge is 0.381 e. The Morgan fingerprint density at radius 2 is 2.00 bits per heavy atom. The zero-order valence-electron chi connectivity index (χ0n) is 7.57. The van der Waals surface area contributed by atoms with Gasteiger partial charge in [0.05, 0.1) is 0 Å². The second-order valence-corrected chi connectivity index (χ2v) is 2.91. The van der Waals surface area contributed by atoms with Crippen LogP contribution in [0.25, 0.3) is 5.69 Å². The molecule has 15 heavy (non-hydrogen) atoms. The molecule has 0 aliphatic rings. The fourth-order valence-corrected chi connectivity index (χ4v) is 1.17. The molecule has 0 saturated carbocycles. The minimum atomic E-state index is -0.559. The molecule has 6 heteroatoms. The van der Waals surface area contributed by atoms with Crippen molar-refractivity contribution in [2.24, 2.45) is 0 Å². The fourth-order valence-electron chi connectivity index (χ4n) is 1.17. The third-order valence-electron chi connectivity index (χ3n) is 1.90. The van der Waals surface area contributed by atoms with Gasteiger partial charge in [-0.15, -0.1) is 0 Å². The molecule has 76 valence electrons. The lowest BCUT2D eigenvalue weighted by molar-refractivity contribution is -0.389. The van der Waals surface area contributed by atoms with Crippen LogP contribution in [0.1, 0.15) is 0 Å². The number of hydrogen-bond donors (Lipinski definition) is 1. The van der Waals surface area contributed by atoms with E-state index in [0.717, 1.165) is 0 Å². The summed E-state index contributed by atoms with van der Waals surface area (Å²) in [4.78, 5) is 13.4. The van der Waals surface area contributed by atoms with Crippen molar-refractivity contribution in [3.05, 3.63) is 46.9 Å². The van der Waals surface area contributed by atoms with Gasteiger partial charge in [-0.3, -0.25) is 4.57 Å². The summed E-state index contributed by atoms with van der Waals surface area (Å²) in [6.07, 6.45) is 2.66. The van der Waals surface area contributed by atoms with E-state index in [-0.39, 0.29) is 11.6 Å². The topological polar surface area (TPSA) is 81.2 Å². The molecule has 0 spiro atoms. The van der Waals surface area contributed by atoms with Crippen LogP contribution < -0.4 is 0 Å². The van der Waals surface area contributed by atoms with E-state index in [1.165, 1.54) is 29.2 Å². The lowest BCUT2D eigenvalue weighted by atomic mass is 10.3. The Labute approximate surface area is 84.6 Å². The van der Waals surface area contributed by atoms with Crippen molar-refractivity contribution < 1.29 is 10.0 Å². The fraction of sp³-hybridized carbons (Fsp3) is 0. The Kier molecular flexibility index (Phi) is 2.09. The molecule has 0 atom stereocenters. The maximum Gasteiger partial charge on any atom is 0.381 e. The van der Waals surface area contributed by atoms with Crippen molar-refractivity contribution in [1.82, 2.24) is 9.55 Å². The van der Waals surface area contributed by atoms with E-state index < -0.39 is 4.92 Å². The molecule has 6 nitrogen and oxygen atoms in total. The number of aromatic nitrogens is 2. The molecule has 0 aliphatic heterocycles. The molecule has 0 aliphatic carbocycles. The molecular weight excluding hydrogens is 198 g/mol. The third-order valence-corrected chi connectivity index (χ3v) is 1.90. The molecule has 2 aromatic rings. The average molecular weight is 205 g/mol. The first-order chi connectivity index (χ1) is 7.16. The Morgan fingerprint density at radius 1 is 1.33 bits per heavy atom. The summed E-state index contributed by atoms with van der Waals surface area (Å²) < 4.78 is 1.51. The highest BCUT2D eigenvalue weighted by Gasteiger charge is 2.10. The molecule has 1 aromatic carbocycles. The zero-order chi connectivity index (χ0) is 10.8. The van der Waals surface area contributed by atoms with Gasteiger partial charge >= 0.3 is 5.82 Å². The summed E-state index contributed by atoms with van der Waals surface area (Å²) in [5, 5.41) is 19.5. The van der Waals surface area contributed by atoms with Crippen LogP contribution >= 0.6 is 0 Å². The third kappa shape index (κ3) is 1.78. The van der Waals surface area contributed by atoms with Crippen LogP contribution in [0.3, 0.4) is 0 Å². The minimum absolute atomic E-state index is 0.147. The monoisotopic (exact) mass is 205 g/mol. The highest BCUT2D eigenvalue weighted by atomic mass is 16.6. The number of nitrogens with zero attached hydrogens (tertiary/aromatic N) is 3. The van der Waals surface area contributed by atoms with Crippen LogP contribution in [0.15, 0.2) is 36.8 Å². The van der Waals surface area contributed by atoms with Crippen LogP contribution in [0.4, 0.5) is 5.82 Å². The van der Waals surface area contributed by atoms with Crippen molar-refractivity contribution in [3.63, 3.8) is 0 Å². The number of phenols is 1. The number of phenolic OH excluding ortho intramolecular Hbond substituents is 1. The largest absolute Gasteiger partial charge is 0.508 e. The minimum Gasteiger partial charge on any atom is -0.508 e. The van der Waals surface area contributed by atoms with E-state index >= 15 is 0 Å². The standard InChI is InChI=1S/C9H7N3O3/c13-8-3-1-7(2-4-8)11-5-9(10-6-11)12(14)15/h1-6,13H. The second kappa shape index (κ2) is 3.41. The molecule has 0 amide bonds. The van der Waals surface area contributed by atoms with Gasteiger partial charge < -0.3 is 15.2 Å². The molecule has 0 radical (unpaired) electrons. The maximum atomic E-state index is 10.4. The van der Waals surface area contributed by atoms with E-state index in [0.29, 0.717) is 5.69 Å². The van der Waals surface area contributed by atoms with Crippen molar-refractivity contribution in [2.45, 2.75) is 0 Å². The van der Waals surface area contributed by atoms with Gasteiger partial charge in [0, 0.05) is 5.69 Å². The molecule has 0 fully saturated rings. The van der Waals surface area contributed by atoms with Gasteiger partial charge in [0.2, 0.25) is 6.33 Å². The quantitative estimate of drug-likeness (QED) is 0.594. The van der Waals surface area contributed by atoms with Crippen molar-refractivity contribution in [1.29, 1.82) is 0 Å². The summed E-state index contributed by atoms with van der Waals surface area (Å²) in [6.45, 7) is 0. The molecular formula is C9H7N3O3. The molecule has 1 aromatic heterocycles. The van der Waals surface area contributed by atoms with Gasteiger partial charge in [0.1, 0.15) is 11.9 Å². The number of hydrogen-bond acceptors (Lipinski definition) is 4. The van der Waals surface area contributed by atoms with Gasteiger partial charge in [0.15, 0.2) is 0 Å². The zero-order valence-corrected chi connectivity index (χ0v) is 7.57. The van der Waals surface area contributed by atoms with Gasteiger partial charge in [-0.1, -0.05) is 0 Å². The molecule has 1 N–H and O–H groups in total. The molecule has 0 bridgehead atoms. The number of rotatable bonds is 2. The van der Waals surface area contributed by atoms with Crippen LogP contribution in [0.2, 0.25) is 0 Å². The lowest BCUT2D eigenvalue weighted by Crippen LogP contribution is -1.89. The molecule has 0 saturated heterocycles. The summed E-state index contributed by atoms with van der Waals surface area (Å²) in [5.41, 5.74) is 0.702. The van der Waals surface area contributed by atoms with Crippen LogP contribution in [-0.4, -0.2) is 19.6 Å². The number of aromatic hydroxyl groups is 1. The van der Waals surface area contributed by atoms with E-state index in [1.807, 2.05) is 0 Å². The van der Waals surface area contributed by atoms with Crippen molar-refractivity contribution in [3.8, 4) is 11.4 Å². The highest BCUT2D eigenvalue weighted by Crippen LogP contribution is 2.15. The summed E-state index contributed by atoms with van der Waals surface area (Å²) in [6, 6.07) is 6.28. The average Bonchev–Trinajstić information content (AvgIpc) is 2.68. The molecule has 0 unspecified atom stereocenters. The maximum absolute atomic E-state index is 10.4. The molecule has 2 rings (SSSR count). The Hall–Kier alpha value is -2.37. The van der Waals surface area contributed by atoms with Crippen molar-refractivity contribution >= 4 is 5.82 Å². The normalized spacial score (nSPS) is 10.1. The predicted octanol–water partition coefficient (Wildman–Crippen LogP) is 1.49. The second-order valence-electron chi connectivity index (χ2n) is 2.91. The number of nitro groups is 1. The van der Waals surface area contributed by atoms with Gasteiger partial charge in [-0.05, 0) is 34.2 Å². The van der Waals surface area contributed by atoms with Crippen molar-refractivity contribution in [2.75, 3.05) is 0 Å². The Morgan fingerprint density at radius 3 is 2.53 bits per heavy atom. The van der Waals surface area contributed by atoms with E-state index in [1.54, 1.807) is 12.1 Å². The summed E-state index contributed by atoms with van der Waals surface area (Å²) >= 11 is 0. The van der Waals surface area contributed by atoms with Crippen LogP contribution in [-0.2, 0) is 0 Å². The van der Waals surface area contributed by atoms with E-state index in [2.05, 4.69) is 4.98 Å². The van der Waals surface area contributed by atoms with Gasteiger partial charge in [-0.25, -0.2) is 0 Å².